The van der Waals surface area contributed by atoms with E-state index < -0.39 is 11.6 Å². The van der Waals surface area contributed by atoms with Crippen LogP contribution < -0.4 is 10.2 Å². The monoisotopic (exact) mass is 375 g/mol. The molecule has 1 saturated heterocycles. The number of hydrogen-bond donors (Lipinski definition) is 1. The van der Waals surface area contributed by atoms with Gasteiger partial charge in [-0.2, -0.15) is 0 Å². The van der Waals surface area contributed by atoms with Crippen LogP contribution >= 0.6 is 0 Å². The minimum Gasteiger partial charge on any atom is -0.442 e. The van der Waals surface area contributed by atoms with Gasteiger partial charge >= 0.3 is 6.09 Å². The van der Waals surface area contributed by atoms with Gasteiger partial charge in [-0.25, -0.2) is 11.4 Å². The van der Waals surface area contributed by atoms with Crippen LogP contribution in [0.2, 0.25) is 0 Å². The first kappa shape index (κ1) is 18.1. The first-order valence-corrected chi connectivity index (χ1v) is 9.33. The topological polar surface area (TPSA) is 63.0 Å². The van der Waals surface area contributed by atoms with E-state index in [1.807, 2.05) is 48.5 Å². The van der Waals surface area contributed by atoms with Crippen LogP contribution in [-0.2, 0) is 15.1 Å². The second-order valence-corrected chi connectivity index (χ2v) is 7.29. The Bertz CT molecular complexity index is 961. The summed E-state index contributed by atoms with van der Waals surface area (Å²) in [5, 5.41) is 2.69. The van der Waals surface area contributed by atoms with E-state index in [1.165, 1.54) is 6.92 Å². The molecule has 0 radical (unpaired) electrons. The Morgan fingerprint density at radius 1 is 1.29 bits per heavy atom. The summed E-state index contributed by atoms with van der Waals surface area (Å²) in [6.45, 7) is 9.73. The molecule has 0 unspecified atom stereocenters. The lowest BCUT2D eigenvalue weighted by atomic mass is 9.93. The molecule has 1 saturated carbocycles. The Labute approximate surface area is 163 Å². The Hall–Kier alpha value is -3.33. The van der Waals surface area contributed by atoms with Gasteiger partial charge in [0.05, 0.1) is 13.1 Å². The number of carbonyl (C=O) groups excluding carboxylic acids is 2. The van der Waals surface area contributed by atoms with Crippen LogP contribution in [0, 0.1) is 6.57 Å². The van der Waals surface area contributed by atoms with Gasteiger partial charge in [-0.15, -0.1) is 0 Å². The molecule has 1 heterocycles. The van der Waals surface area contributed by atoms with Gasteiger partial charge in [-0.3, -0.25) is 9.69 Å². The van der Waals surface area contributed by atoms with Crippen molar-refractivity contribution in [2.75, 3.05) is 18.0 Å². The molecule has 1 aliphatic heterocycles. The molecule has 142 valence electrons. The lowest BCUT2D eigenvalue weighted by molar-refractivity contribution is -0.119. The summed E-state index contributed by atoms with van der Waals surface area (Å²) >= 11 is 0. The molecule has 28 heavy (non-hydrogen) atoms. The molecular formula is C22H21N3O3. The number of cyclic esters (lactones) is 1. The average molecular weight is 375 g/mol. The van der Waals surface area contributed by atoms with Gasteiger partial charge in [-0.05, 0) is 29.3 Å². The number of amides is 2. The highest BCUT2D eigenvalue weighted by atomic mass is 16.6. The summed E-state index contributed by atoms with van der Waals surface area (Å²) in [6, 6.07) is 15.8. The SMILES string of the molecule is [C-]#[N+]C1(c2ccc(N3C[C@H](CNC(C)=O)OC3=O)cc2-c2ccccc2)CC1. The van der Waals surface area contributed by atoms with Gasteiger partial charge in [0.2, 0.25) is 5.91 Å². The molecule has 4 rings (SSSR count). The molecule has 0 spiro atoms. The number of carbonyl (C=O) groups is 2. The fourth-order valence-corrected chi connectivity index (χ4v) is 3.62. The minimum atomic E-state index is -0.441. The van der Waals surface area contributed by atoms with E-state index in [9.17, 15) is 9.59 Å². The lowest BCUT2D eigenvalue weighted by Crippen LogP contribution is -2.33. The van der Waals surface area contributed by atoms with Gasteiger partial charge in [-0.1, -0.05) is 30.3 Å². The number of benzene rings is 2. The van der Waals surface area contributed by atoms with E-state index in [4.69, 9.17) is 11.3 Å². The fourth-order valence-electron chi connectivity index (χ4n) is 3.62. The van der Waals surface area contributed by atoms with Crippen molar-refractivity contribution in [1.29, 1.82) is 0 Å². The molecular weight excluding hydrogens is 354 g/mol. The standard InChI is InChI=1S/C22H21N3O3/c1-15(26)24-13-18-14-25(21(27)28-18)17-8-9-20(22(23-2)10-11-22)19(12-17)16-6-4-3-5-7-16/h3-9,12,18H,10-11,13-14H2,1H3,(H,24,26)/t18-/m0/s1. The van der Waals surface area contributed by atoms with Crippen molar-refractivity contribution >= 4 is 17.7 Å². The molecule has 0 aromatic heterocycles. The number of hydrogen-bond acceptors (Lipinski definition) is 3. The second-order valence-electron chi connectivity index (χ2n) is 7.29. The number of ether oxygens (including phenoxy) is 1. The smallest absolute Gasteiger partial charge is 0.414 e. The predicted octanol–water partition coefficient (Wildman–Crippen LogP) is 3.72. The van der Waals surface area contributed by atoms with Crippen LogP contribution in [0.4, 0.5) is 10.5 Å². The van der Waals surface area contributed by atoms with Gasteiger partial charge in [0.25, 0.3) is 5.54 Å². The third-order valence-electron chi connectivity index (χ3n) is 5.29. The normalized spacial score (nSPS) is 19.6. The molecule has 6 heteroatoms. The summed E-state index contributed by atoms with van der Waals surface area (Å²) in [6.07, 6.45) is 0.920. The molecule has 2 fully saturated rings. The van der Waals surface area contributed by atoms with Crippen molar-refractivity contribution in [3.8, 4) is 11.1 Å². The highest BCUT2D eigenvalue weighted by Crippen LogP contribution is 2.53. The van der Waals surface area contributed by atoms with E-state index >= 15 is 0 Å². The highest BCUT2D eigenvalue weighted by molar-refractivity contribution is 5.91. The summed E-state index contributed by atoms with van der Waals surface area (Å²) < 4.78 is 5.38. The number of rotatable bonds is 5. The van der Waals surface area contributed by atoms with Crippen molar-refractivity contribution in [3.63, 3.8) is 0 Å². The quantitative estimate of drug-likeness (QED) is 0.810. The molecule has 1 aliphatic carbocycles. The maximum absolute atomic E-state index is 12.4. The molecule has 1 N–H and O–H groups in total. The van der Waals surface area contributed by atoms with E-state index in [0.717, 1.165) is 35.2 Å². The molecule has 2 amide bonds. The van der Waals surface area contributed by atoms with Gasteiger partial charge in [0, 0.05) is 31.0 Å². The zero-order valence-corrected chi connectivity index (χ0v) is 15.6. The Morgan fingerprint density at radius 2 is 2.04 bits per heavy atom. The lowest BCUT2D eigenvalue weighted by Gasteiger charge is -2.18. The average Bonchev–Trinajstić information content (AvgIpc) is 3.42. The largest absolute Gasteiger partial charge is 0.442 e. The summed E-state index contributed by atoms with van der Waals surface area (Å²) in [5.41, 5.74) is 3.31. The molecule has 1 atom stereocenters. The molecule has 2 aromatic carbocycles. The van der Waals surface area contributed by atoms with Crippen molar-refractivity contribution in [3.05, 3.63) is 65.5 Å². The first-order valence-electron chi connectivity index (χ1n) is 9.33. The van der Waals surface area contributed by atoms with Crippen LogP contribution in [0.5, 0.6) is 0 Å². The van der Waals surface area contributed by atoms with E-state index in [2.05, 4.69) is 10.2 Å². The number of nitrogens with one attached hydrogen (secondary N) is 1. The zero-order valence-electron chi connectivity index (χ0n) is 15.6. The Morgan fingerprint density at radius 3 is 2.68 bits per heavy atom. The zero-order chi connectivity index (χ0) is 19.7. The van der Waals surface area contributed by atoms with Gasteiger partial charge in [0.1, 0.15) is 6.10 Å². The number of anilines is 1. The first-order chi connectivity index (χ1) is 13.5. The third-order valence-corrected chi connectivity index (χ3v) is 5.29. The van der Waals surface area contributed by atoms with Crippen molar-refractivity contribution in [2.45, 2.75) is 31.4 Å². The maximum atomic E-state index is 12.4. The Balaban J connectivity index is 1.67. The van der Waals surface area contributed by atoms with Crippen LogP contribution in [0.25, 0.3) is 16.0 Å². The highest BCUT2D eigenvalue weighted by Gasteiger charge is 2.54. The van der Waals surface area contributed by atoms with Crippen molar-refractivity contribution in [1.82, 2.24) is 5.32 Å². The molecule has 2 aromatic rings. The summed E-state index contributed by atoms with van der Waals surface area (Å²) in [5.74, 6) is -0.154. The maximum Gasteiger partial charge on any atom is 0.414 e. The van der Waals surface area contributed by atoms with Gasteiger partial charge in [0.15, 0.2) is 0 Å². The van der Waals surface area contributed by atoms with E-state index in [1.54, 1.807) is 4.90 Å². The van der Waals surface area contributed by atoms with Crippen LogP contribution in [0.1, 0.15) is 25.3 Å². The van der Waals surface area contributed by atoms with Crippen molar-refractivity contribution in [2.24, 2.45) is 0 Å². The van der Waals surface area contributed by atoms with E-state index in [-0.39, 0.29) is 12.0 Å². The van der Waals surface area contributed by atoms with Gasteiger partial charge < -0.3 is 14.9 Å². The second kappa shape index (κ2) is 7.01. The summed E-state index contributed by atoms with van der Waals surface area (Å²) in [4.78, 5) is 29.0. The van der Waals surface area contributed by atoms with E-state index in [0.29, 0.717) is 13.1 Å². The van der Waals surface area contributed by atoms with Crippen LogP contribution in [0.3, 0.4) is 0 Å². The predicted molar refractivity (Wildman–Crippen MR) is 106 cm³/mol. The Kier molecular flexibility index (Phi) is 4.52. The molecule has 6 nitrogen and oxygen atoms in total. The summed E-state index contributed by atoms with van der Waals surface area (Å²) in [7, 11) is 0. The fraction of sp³-hybridized carbons (Fsp3) is 0.318. The van der Waals surface area contributed by atoms with Crippen molar-refractivity contribution < 1.29 is 14.3 Å². The molecule has 2 aliphatic rings. The van der Waals surface area contributed by atoms with Crippen LogP contribution in [0.15, 0.2) is 48.5 Å². The van der Waals surface area contributed by atoms with Crippen LogP contribution in [-0.4, -0.2) is 31.2 Å². The third kappa shape index (κ3) is 3.31. The number of nitrogens with zero attached hydrogens (tertiary/aromatic N) is 2. The molecule has 0 bridgehead atoms. The minimum absolute atomic E-state index is 0.154.